The van der Waals surface area contributed by atoms with Crippen LogP contribution in [0.1, 0.15) is 17.2 Å². The lowest BCUT2D eigenvalue weighted by atomic mass is 9.99. The maximum atomic E-state index is 12.0. The Morgan fingerprint density at radius 2 is 1.79 bits per heavy atom. The molecule has 10 heteroatoms. The number of aromatic hydroxyl groups is 2. The van der Waals surface area contributed by atoms with Crippen LogP contribution in [0.15, 0.2) is 54.6 Å². The molecule has 3 rings (SSSR count). The molecule has 1 fully saturated rings. The van der Waals surface area contributed by atoms with E-state index in [0.29, 0.717) is 11.1 Å². The number of ether oxygens (including phenoxy) is 3. The molecule has 0 aromatic heterocycles. The number of benzene rings is 2. The molecule has 174 valence electrons. The first-order chi connectivity index (χ1) is 15.8. The van der Waals surface area contributed by atoms with Gasteiger partial charge in [0.2, 0.25) is 0 Å². The fraction of sp³-hybridized carbons (Fsp3) is 0.304. The molecule has 0 radical (unpaired) electrons. The number of carbonyl (C=O) groups excluding carboxylic acids is 1. The maximum Gasteiger partial charge on any atom is 0.330 e. The average molecular weight is 457 g/mol. The maximum absolute atomic E-state index is 12.0. The molecule has 1 aliphatic rings. The third-order valence-corrected chi connectivity index (χ3v) is 4.96. The first kappa shape index (κ1) is 24.2. The Bertz CT molecular complexity index is 1020. The van der Waals surface area contributed by atoms with Crippen molar-refractivity contribution in [3.8, 4) is 17.6 Å². The Morgan fingerprint density at radius 1 is 1.06 bits per heavy atom. The number of nitrogens with zero attached hydrogens (tertiary/aromatic N) is 1. The van der Waals surface area contributed by atoms with Gasteiger partial charge < -0.3 is 39.7 Å². The van der Waals surface area contributed by atoms with Crippen LogP contribution in [0.2, 0.25) is 0 Å². The fourth-order valence-corrected chi connectivity index (χ4v) is 3.13. The van der Waals surface area contributed by atoms with Gasteiger partial charge in [0.25, 0.3) is 0 Å². The van der Waals surface area contributed by atoms with Crippen molar-refractivity contribution in [1.29, 1.82) is 5.26 Å². The van der Waals surface area contributed by atoms with E-state index in [4.69, 9.17) is 14.2 Å². The van der Waals surface area contributed by atoms with Gasteiger partial charge in [0.05, 0.1) is 6.07 Å². The molecule has 0 bridgehead atoms. The lowest BCUT2D eigenvalue weighted by Gasteiger charge is -2.40. The highest BCUT2D eigenvalue weighted by atomic mass is 16.7. The van der Waals surface area contributed by atoms with Crippen LogP contribution >= 0.6 is 0 Å². The van der Waals surface area contributed by atoms with E-state index in [1.807, 2.05) is 6.07 Å². The normalized spacial score (nSPS) is 25.9. The molecule has 1 saturated heterocycles. The zero-order valence-electron chi connectivity index (χ0n) is 17.3. The molecule has 33 heavy (non-hydrogen) atoms. The minimum Gasteiger partial charge on any atom is -0.504 e. The van der Waals surface area contributed by atoms with Crippen molar-refractivity contribution in [3.05, 3.63) is 65.7 Å². The number of hydrogen-bond donors (Lipinski definition) is 5. The molecular formula is C23H23NO9. The summed E-state index contributed by atoms with van der Waals surface area (Å²) in [5, 5.41) is 58.8. The van der Waals surface area contributed by atoms with Crippen molar-refractivity contribution in [2.75, 3.05) is 6.61 Å². The van der Waals surface area contributed by atoms with E-state index < -0.39 is 49.4 Å². The Labute approximate surface area is 189 Å². The minimum atomic E-state index is -1.67. The fourth-order valence-electron chi connectivity index (χ4n) is 3.13. The third kappa shape index (κ3) is 6.07. The standard InChI is InChI=1S/C23H23NO9/c24-11-17(14-4-2-1-3-5-14)32-23-22(30)21(29)20(28)18(33-23)12-31-19(27)9-7-13-6-8-15(25)16(26)10-13/h1-10,17-18,20-23,25-26,28-30H,12H2/t17-,18+,20+,21-,22+,23+/m0/s1. The van der Waals surface area contributed by atoms with E-state index in [9.17, 15) is 35.6 Å². The number of aliphatic hydroxyl groups excluding tert-OH is 3. The number of hydrogen-bond acceptors (Lipinski definition) is 10. The second-order valence-corrected chi connectivity index (χ2v) is 7.28. The first-order valence-electron chi connectivity index (χ1n) is 9.96. The Hall–Kier alpha value is -3.46. The quantitative estimate of drug-likeness (QED) is 0.227. The van der Waals surface area contributed by atoms with Gasteiger partial charge in [0.1, 0.15) is 31.0 Å². The summed E-state index contributed by atoms with van der Waals surface area (Å²) >= 11 is 0. The molecule has 1 heterocycles. The number of esters is 1. The highest BCUT2D eigenvalue weighted by Crippen LogP contribution is 2.28. The van der Waals surface area contributed by atoms with E-state index in [1.165, 1.54) is 24.3 Å². The van der Waals surface area contributed by atoms with Gasteiger partial charge in [-0.25, -0.2) is 4.79 Å². The highest BCUT2D eigenvalue weighted by Gasteiger charge is 2.45. The molecule has 0 amide bonds. The van der Waals surface area contributed by atoms with Crippen LogP contribution in [0.3, 0.4) is 0 Å². The summed E-state index contributed by atoms with van der Waals surface area (Å²) in [4.78, 5) is 12.0. The summed E-state index contributed by atoms with van der Waals surface area (Å²) in [6.07, 6.45) is -6.31. The lowest BCUT2D eigenvalue weighted by Crippen LogP contribution is -2.59. The van der Waals surface area contributed by atoms with E-state index in [-0.39, 0.29) is 11.5 Å². The van der Waals surface area contributed by atoms with Gasteiger partial charge in [-0.1, -0.05) is 36.4 Å². The largest absolute Gasteiger partial charge is 0.504 e. The second kappa shape index (κ2) is 10.9. The van der Waals surface area contributed by atoms with E-state index in [0.717, 1.165) is 6.08 Å². The van der Waals surface area contributed by atoms with Gasteiger partial charge in [-0.3, -0.25) is 0 Å². The SMILES string of the molecule is N#C[C@H](O[C@@H]1O[C@H](COC(=O)C=Cc2ccc(O)c(O)c2)[C@@H](O)[C@H](O)[C@H]1O)c1ccccc1. The van der Waals surface area contributed by atoms with E-state index in [1.54, 1.807) is 30.3 Å². The second-order valence-electron chi connectivity index (χ2n) is 7.28. The summed E-state index contributed by atoms with van der Waals surface area (Å²) in [6, 6.07) is 14.3. The smallest absolute Gasteiger partial charge is 0.330 e. The Balaban J connectivity index is 1.61. The average Bonchev–Trinajstić information content (AvgIpc) is 2.82. The summed E-state index contributed by atoms with van der Waals surface area (Å²) in [5.41, 5.74) is 0.927. The van der Waals surface area contributed by atoms with Crippen molar-refractivity contribution >= 4 is 12.0 Å². The highest BCUT2D eigenvalue weighted by molar-refractivity contribution is 5.87. The van der Waals surface area contributed by atoms with Crippen LogP contribution in [-0.4, -0.2) is 68.8 Å². The van der Waals surface area contributed by atoms with Crippen molar-refractivity contribution in [2.45, 2.75) is 36.8 Å². The van der Waals surface area contributed by atoms with Gasteiger partial charge in [-0.2, -0.15) is 5.26 Å². The Morgan fingerprint density at radius 3 is 2.45 bits per heavy atom. The summed E-state index contributed by atoms with van der Waals surface area (Å²) < 4.78 is 16.0. The molecule has 10 nitrogen and oxygen atoms in total. The molecule has 0 saturated carbocycles. The zero-order valence-corrected chi connectivity index (χ0v) is 17.3. The predicted octanol–water partition coefficient (Wildman–Crippen LogP) is 0.743. The molecule has 2 aromatic carbocycles. The van der Waals surface area contributed by atoms with Crippen LogP contribution in [0.25, 0.3) is 6.08 Å². The molecule has 6 atom stereocenters. The molecule has 0 aliphatic carbocycles. The predicted molar refractivity (Wildman–Crippen MR) is 112 cm³/mol. The third-order valence-electron chi connectivity index (χ3n) is 4.96. The Kier molecular flexibility index (Phi) is 8.00. The van der Waals surface area contributed by atoms with E-state index in [2.05, 4.69) is 0 Å². The number of nitriles is 1. The van der Waals surface area contributed by atoms with Gasteiger partial charge in [0.15, 0.2) is 23.9 Å². The lowest BCUT2D eigenvalue weighted by molar-refractivity contribution is -0.308. The molecular weight excluding hydrogens is 434 g/mol. The number of rotatable bonds is 7. The summed E-state index contributed by atoms with van der Waals surface area (Å²) in [5.74, 6) is -1.47. The minimum absolute atomic E-state index is 0.304. The van der Waals surface area contributed by atoms with Crippen molar-refractivity contribution in [3.63, 3.8) is 0 Å². The number of phenols is 2. The topological polar surface area (TPSA) is 170 Å². The monoisotopic (exact) mass is 457 g/mol. The van der Waals surface area contributed by atoms with Crippen LogP contribution in [-0.2, 0) is 19.0 Å². The molecule has 0 unspecified atom stereocenters. The van der Waals surface area contributed by atoms with Gasteiger partial charge in [0, 0.05) is 6.08 Å². The van der Waals surface area contributed by atoms with Crippen molar-refractivity contribution in [2.24, 2.45) is 0 Å². The number of phenolic OH excluding ortho intramolecular Hbond substituents is 2. The zero-order chi connectivity index (χ0) is 24.0. The van der Waals surface area contributed by atoms with Crippen LogP contribution in [0, 0.1) is 11.3 Å². The summed E-state index contributed by atoms with van der Waals surface area (Å²) in [7, 11) is 0. The van der Waals surface area contributed by atoms with E-state index >= 15 is 0 Å². The molecule has 5 N–H and O–H groups in total. The van der Waals surface area contributed by atoms with Crippen LogP contribution in [0.4, 0.5) is 0 Å². The summed E-state index contributed by atoms with van der Waals surface area (Å²) in [6.45, 7) is -0.475. The van der Waals surface area contributed by atoms with Gasteiger partial charge >= 0.3 is 5.97 Å². The number of carbonyl (C=O) groups is 1. The van der Waals surface area contributed by atoms with Gasteiger partial charge in [-0.05, 0) is 29.3 Å². The van der Waals surface area contributed by atoms with Crippen molar-refractivity contribution < 1.29 is 44.5 Å². The van der Waals surface area contributed by atoms with Gasteiger partial charge in [-0.15, -0.1) is 0 Å². The molecule has 2 aromatic rings. The van der Waals surface area contributed by atoms with Crippen LogP contribution in [0.5, 0.6) is 11.5 Å². The molecule has 1 aliphatic heterocycles. The van der Waals surface area contributed by atoms with Crippen molar-refractivity contribution in [1.82, 2.24) is 0 Å². The first-order valence-corrected chi connectivity index (χ1v) is 9.96. The van der Waals surface area contributed by atoms with Crippen LogP contribution < -0.4 is 0 Å². The molecule has 0 spiro atoms. The number of aliphatic hydroxyl groups is 3.